The molecule has 0 heterocycles. The number of aliphatic carboxylic acids is 1. The van der Waals surface area contributed by atoms with E-state index in [1.54, 1.807) is 0 Å². The topological polar surface area (TPSA) is 110 Å². The first-order valence-corrected chi connectivity index (χ1v) is 4.41. The first-order valence-electron chi connectivity index (χ1n) is 4.41. The summed E-state index contributed by atoms with van der Waals surface area (Å²) >= 11 is 0. The number of hydrogen-bond acceptors (Lipinski definition) is 4. The van der Waals surface area contributed by atoms with Crippen LogP contribution in [-0.2, 0) is 4.79 Å². The molecule has 80 valence electrons. The van der Waals surface area contributed by atoms with Gasteiger partial charge in [0, 0.05) is 13.0 Å². The van der Waals surface area contributed by atoms with Crippen LogP contribution in [0.2, 0.25) is 0 Å². The van der Waals surface area contributed by atoms with Gasteiger partial charge in [0.1, 0.15) is 0 Å². The highest BCUT2D eigenvalue weighted by Crippen LogP contribution is 1.83. The van der Waals surface area contributed by atoms with E-state index in [1.165, 1.54) is 0 Å². The summed E-state index contributed by atoms with van der Waals surface area (Å²) in [6.07, 6.45) is 2.55. The molecule has 0 aliphatic carbocycles. The fourth-order valence-electron chi connectivity index (χ4n) is 0.519. The number of aliphatic hydroxyl groups excluding tert-OH is 1. The number of rotatable bonds is 6. The Bertz CT molecular complexity index is 106. The molecule has 0 saturated carbocycles. The molecule has 0 aromatic rings. The monoisotopic (exact) mass is 192 g/mol. The summed E-state index contributed by atoms with van der Waals surface area (Å²) in [6.45, 7) is 1.51. The van der Waals surface area contributed by atoms with Gasteiger partial charge in [-0.2, -0.15) is 0 Å². The highest BCUT2D eigenvalue weighted by atomic mass is 16.4. The molecule has 0 unspecified atom stereocenters. The highest BCUT2D eigenvalue weighted by Gasteiger charge is 1.91. The van der Waals surface area contributed by atoms with E-state index in [2.05, 4.69) is 0 Å². The van der Waals surface area contributed by atoms with Crippen LogP contribution in [0.1, 0.15) is 25.7 Å². The zero-order valence-electron chi connectivity index (χ0n) is 7.91. The maximum atomic E-state index is 9.65. The van der Waals surface area contributed by atoms with Crippen LogP contribution in [0.25, 0.3) is 0 Å². The predicted molar refractivity (Wildman–Crippen MR) is 51.3 cm³/mol. The third-order valence-electron chi connectivity index (χ3n) is 1.21. The van der Waals surface area contributed by atoms with Gasteiger partial charge in [0.25, 0.3) is 0 Å². The van der Waals surface area contributed by atoms with Crippen molar-refractivity contribution in [1.82, 2.24) is 0 Å². The molecule has 5 nitrogen and oxygen atoms in total. The van der Waals surface area contributed by atoms with E-state index in [0.29, 0.717) is 6.42 Å². The summed E-state index contributed by atoms with van der Waals surface area (Å²) in [5, 5.41) is 16.0. The Morgan fingerprint density at radius 3 is 1.69 bits per heavy atom. The molecule has 0 radical (unpaired) electrons. The molecule has 0 fully saturated rings. The Hall–Kier alpha value is -0.650. The van der Waals surface area contributed by atoms with Gasteiger partial charge in [0.2, 0.25) is 0 Å². The summed E-state index contributed by atoms with van der Waals surface area (Å²) in [7, 11) is 0. The smallest absolute Gasteiger partial charge is 0.303 e. The third-order valence-corrected chi connectivity index (χ3v) is 1.21. The van der Waals surface area contributed by atoms with E-state index in [9.17, 15) is 4.79 Å². The lowest BCUT2D eigenvalue weighted by molar-refractivity contribution is -0.137. The molecule has 0 aliphatic heterocycles. The Morgan fingerprint density at radius 1 is 1.08 bits per heavy atom. The van der Waals surface area contributed by atoms with Crippen LogP contribution in [-0.4, -0.2) is 35.9 Å². The van der Waals surface area contributed by atoms with Crippen molar-refractivity contribution in [2.75, 3.05) is 19.7 Å². The van der Waals surface area contributed by atoms with Crippen LogP contribution in [0.4, 0.5) is 0 Å². The van der Waals surface area contributed by atoms with Gasteiger partial charge in [-0.25, -0.2) is 0 Å². The molecule has 0 aromatic carbocycles. The van der Waals surface area contributed by atoms with Gasteiger partial charge in [-0.1, -0.05) is 0 Å². The molecule has 13 heavy (non-hydrogen) atoms. The lowest BCUT2D eigenvalue weighted by Crippen LogP contribution is -2.03. The van der Waals surface area contributed by atoms with Crippen molar-refractivity contribution in [3.05, 3.63) is 0 Å². The van der Waals surface area contributed by atoms with E-state index >= 15 is 0 Å². The second-order valence-corrected chi connectivity index (χ2v) is 2.51. The Kier molecular flexibility index (Phi) is 15.9. The van der Waals surface area contributed by atoms with Crippen LogP contribution in [0, 0.1) is 0 Å². The van der Waals surface area contributed by atoms with Crippen molar-refractivity contribution in [2.24, 2.45) is 11.5 Å². The Labute approximate surface area is 78.7 Å². The van der Waals surface area contributed by atoms with Gasteiger partial charge >= 0.3 is 5.97 Å². The van der Waals surface area contributed by atoms with Crippen molar-refractivity contribution >= 4 is 5.97 Å². The van der Waals surface area contributed by atoms with Crippen LogP contribution < -0.4 is 11.5 Å². The minimum Gasteiger partial charge on any atom is -0.481 e. The molecule has 0 bridgehead atoms. The molecule has 0 saturated heterocycles. The second-order valence-electron chi connectivity index (χ2n) is 2.51. The van der Waals surface area contributed by atoms with Gasteiger partial charge in [-0.05, 0) is 32.4 Å². The zero-order valence-corrected chi connectivity index (χ0v) is 7.91. The van der Waals surface area contributed by atoms with Gasteiger partial charge < -0.3 is 21.7 Å². The molecule has 0 rings (SSSR count). The first-order chi connectivity index (χ1) is 6.18. The van der Waals surface area contributed by atoms with Crippen molar-refractivity contribution in [2.45, 2.75) is 25.7 Å². The molecule has 0 aromatic heterocycles. The van der Waals surface area contributed by atoms with Crippen molar-refractivity contribution < 1.29 is 15.0 Å². The van der Waals surface area contributed by atoms with Gasteiger partial charge in [0.15, 0.2) is 0 Å². The quantitative estimate of drug-likeness (QED) is 0.425. The molecule has 0 atom stereocenters. The zero-order chi connectivity index (χ0) is 10.5. The lowest BCUT2D eigenvalue weighted by atomic mass is 10.3. The van der Waals surface area contributed by atoms with Crippen LogP contribution in [0.5, 0.6) is 0 Å². The van der Waals surface area contributed by atoms with E-state index < -0.39 is 5.97 Å². The average molecular weight is 192 g/mol. The van der Waals surface area contributed by atoms with E-state index in [-0.39, 0.29) is 13.0 Å². The van der Waals surface area contributed by atoms with E-state index in [1.807, 2.05) is 0 Å². The standard InChI is InChI=1S/C4H12N2.C4H8O3/c5-3-1-2-4-6;5-3-1-2-4(6)7/h1-6H2;5H,1-3H2,(H,6,7). The molecular formula is C8H20N2O3. The van der Waals surface area contributed by atoms with E-state index in [4.69, 9.17) is 21.7 Å². The van der Waals surface area contributed by atoms with E-state index in [0.717, 1.165) is 25.9 Å². The SMILES string of the molecule is NCCCCN.O=C(O)CCCO. The molecular weight excluding hydrogens is 172 g/mol. The summed E-state index contributed by atoms with van der Waals surface area (Å²) in [5.74, 6) is -0.853. The third kappa shape index (κ3) is 24.6. The molecule has 0 aliphatic rings. The number of hydrogen-bond donors (Lipinski definition) is 4. The predicted octanol–water partition coefficient (Wildman–Crippen LogP) is -0.472. The van der Waals surface area contributed by atoms with Crippen LogP contribution >= 0.6 is 0 Å². The fraction of sp³-hybridized carbons (Fsp3) is 0.875. The first kappa shape index (κ1) is 14.9. The molecule has 6 N–H and O–H groups in total. The van der Waals surface area contributed by atoms with Crippen molar-refractivity contribution in [1.29, 1.82) is 0 Å². The fourth-order valence-corrected chi connectivity index (χ4v) is 0.519. The van der Waals surface area contributed by atoms with Gasteiger partial charge in [0.05, 0.1) is 0 Å². The number of aliphatic hydroxyl groups is 1. The summed E-state index contributed by atoms with van der Waals surface area (Å²) in [5.41, 5.74) is 10.3. The normalized spacial score (nSPS) is 8.85. The number of unbranched alkanes of at least 4 members (excludes halogenated alkanes) is 1. The van der Waals surface area contributed by atoms with Crippen LogP contribution in [0.3, 0.4) is 0 Å². The maximum absolute atomic E-state index is 9.65. The Balaban J connectivity index is 0. The van der Waals surface area contributed by atoms with Crippen molar-refractivity contribution in [3.63, 3.8) is 0 Å². The average Bonchev–Trinajstić information content (AvgIpc) is 2.12. The summed E-state index contributed by atoms with van der Waals surface area (Å²) in [6, 6.07) is 0. The second kappa shape index (κ2) is 13.9. The largest absolute Gasteiger partial charge is 0.481 e. The van der Waals surface area contributed by atoms with Gasteiger partial charge in [-0.3, -0.25) is 4.79 Å². The minimum absolute atomic E-state index is 0.0354. The lowest BCUT2D eigenvalue weighted by Gasteiger charge is -1.87. The Morgan fingerprint density at radius 2 is 1.54 bits per heavy atom. The van der Waals surface area contributed by atoms with Crippen LogP contribution in [0.15, 0.2) is 0 Å². The maximum Gasteiger partial charge on any atom is 0.303 e. The van der Waals surface area contributed by atoms with Gasteiger partial charge in [-0.15, -0.1) is 0 Å². The molecule has 0 amide bonds. The molecule has 0 spiro atoms. The number of carboxylic acids is 1. The number of nitrogens with two attached hydrogens (primary N) is 2. The summed E-state index contributed by atoms with van der Waals surface area (Å²) < 4.78 is 0. The summed E-state index contributed by atoms with van der Waals surface area (Å²) in [4.78, 5) is 9.65. The highest BCUT2D eigenvalue weighted by molar-refractivity contribution is 5.66. The number of carbonyl (C=O) groups is 1. The van der Waals surface area contributed by atoms with Crippen molar-refractivity contribution in [3.8, 4) is 0 Å². The molecule has 5 heteroatoms. The minimum atomic E-state index is -0.853. The number of carboxylic acid groups (broad SMARTS) is 1.